The van der Waals surface area contributed by atoms with Crippen LogP contribution in [-0.2, 0) is 29.8 Å². The van der Waals surface area contributed by atoms with Crippen molar-refractivity contribution in [3.8, 4) is 30.0 Å². The molecule has 3 aromatic rings. The smallest absolute Gasteiger partial charge is 0.294 e. The Hall–Kier alpha value is -5.21. The van der Waals surface area contributed by atoms with Gasteiger partial charge in [0.05, 0.1) is 27.8 Å². The van der Waals surface area contributed by atoms with Gasteiger partial charge < -0.3 is 14.6 Å². The van der Waals surface area contributed by atoms with Crippen LogP contribution in [0.5, 0.6) is 11.8 Å². The van der Waals surface area contributed by atoms with Crippen LogP contribution < -0.4 is 9.75 Å². The molecule has 0 aliphatic carbocycles. The largest absolute Gasteiger partial charge is 0.493 e. The number of nitrogens with zero attached hydrogens (tertiary/aromatic N) is 4. The van der Waals surface area contributed by atoms with Crippen molar-refractivity contribution in [3.63, 3.8) is 0 Å². The third kappa shape index (κ3) is 6.82. The number of carbonyl (C=O) groups is 1. The number of allylic oxidation sites excluding steroid dienone is 4. The van der Waals surface area contributed by atoms with Gasteiger partial charge >= 0.3 is 0 Å². The number of terminal acetylenes is 1. The number of aromatic hydroxyl groups is 1. The molecule has 2 aromatic carbocycles. The van der Waals surface area contributed by atoms with Crippen molar-refractivity contribution in [1.29, 1.82) is 0 Å². The number of amides is 1. The lowest BCUT2D eigenvalue weighted by Gasteiger charge is -2.11. The molecule has 43 heavy (non-hydrogen) atoms. The molecule has 14 nitrogen and oxygen atoms in total. The molecular formula is C27H22N4O10S2. The van der Waals surface area contributed by atoms with E-state index in [0.717, 1.165) is 34.0 Å². The van der Waals surface area contributed by atoms with E-state index in [2.05, 4.69) is 10.2 Å². The summed E-state index contributed by atoms with van der Waals surface area (Å²) in [5, 5.41) is 20.0. The molecule has 222 valence electrons. The van der Waals surface area contributed by atoms with E-state index in [1.54, 1.807) is 6.92 Å². The number of hydrogen-bond acceptors (Lipinski definition) is 10. The lowest BCUT2D eigenvalue weighted by Crippen LogP contribution is -2.21. The fourth-order valence-electron chi connectivity index (χ4n) is 3.70. The van der Waals surface area contributed by atoms with E-state index < -0.39 is 26.1 Å². The molecule has 1 amide bonds. The average molecular weight is 627 g/mol. The maximum atomic E-state index is 13.0. The molecule has 0 saturated heterocycles. The predicted molar refractivity (Wildman–Crippen MR) is 154 cm³/mol. The number of benzene rings is 2. The van der Waals surface area contributed by atoms with E-state index >= 15 is 0 Å². The molecule has 0 spiro atoms. The Balaban J connectivity index is 1.56. The number of rotatable bonds is 9. The fourth-order valence-corrected chi connectivity index (χ4v) is 4.66. The molecule has 0 fully saturated rings. The van der Waals surface area contributed by atoms with Gasteiger partial charge in [0.1, 0.15) is 17.2 Å². The highest BCUT2D eigenvalue weighted by atomic mass is 32.2. The van der Waals surface area contributed by atoms with Gasteiger partial charge in [-0.05, 0) is 67.6 Å². The monoisotopic (exact) mass is 626 g/mol. The molecule has 0 radical (unpaired) electrons. The van der Waals surface area contributed by atoms with Crippen molar-refractivity contribution in [2.24, 2.45) is 5.10 Å². The van der Waals surface area contributed by atoms with Crippen LogP contribution in [0.2, 0.25) is 0 Å². The number of hydrogen-bond donors (Lipinski definition) is 3. The second kappa shape index (κ2) is 12.3. The first-order chi connectivity index (χ1) is 20.3. The number of hydrazone groups is 1. The Morgan fingerprint density at radius 3 is 2.05 bits per heavy atom. The van der Waals surface area contributed by atoms with Gasteiger partial charge in [-0.1, -0.05) is 24.7 Å². The van der Waals surface area contributed by atoms with Crippen molar-refractivity contribution in [2.75, 3.05) is 11.6 Å². The van der Waals surface area contributed by atoms with Crippen molar-refractivity contribution < 1.29 is 45.3 Å². The normalized spacial score (nSPS) is 14.9. The van der Waals surface area contributed by atoms with Crippen molar-refractivity contribution in [2.45, 2.75) is 16.7 Å². The van der Waals surface area contributed by atoms with Crippen molar-refractivity contribution in [3.05, 3.63) is 84.0 Å². The number of aromatic nitrogens is 2. The molecule has 0 bridgehead atoms. The molecule has 1 aromatic heterocycles. The van der Waals surface area contributed by atoms with E-state index in [9.17, 15) is 31.3 Å². The maximum Gasteiger partial charge on any atom is 0.294 e. The third-order valence-electron chi connectivity index (χ3n) is 5.65. The molecule has 0 saturated carbocycles. The highest BCUT2D eigenvalue weighted by Gasteiger charge is 2.32. The standard InChI is InChI=1S/C27H22N4O10S2/c1-3-40-24-22(26(32)30(28-24)18-10-14-20(15-11-18)42(34,35)36)8-6-5-7-9-23-25(41-4-2)29-31(27(23)33)19-12-16-21(17-13-19)43(37,38)39/h1,5-17,33H,4H2,2H3,(H,34,35,36)(H,37,38,39)/b6-5?,9-7?,22-8-. The summed E-state index contributed by atoms with van der Waals surface area (Å²) in [6, 6.07) is 9.73. The number of ether oxygens (including phenoxy) is 2. The minimum absolute atomic E-state index is 0.0135. The number of carbonyl (C=O) groups excluding carboxylic acids is 1. The van der Waals surface area contributed by atoms with Gasteiger partial charge in [-0.15, -0.1) is 10.2 Å². The SMILES string of the molecule is C#COC1=NN(c2ccc(S(=O)(=O)O)cc2)C(=O)/C1=C\C=CC=Cc1c(OCC)nn(-c2ccc(S(=O)(=O)O)cc2)c1O. The maximum absolute atomic E-state index is 13.0. The first kappa shape index (κ1) is 30.7. The van der Waals surface area contributed by atoms with Crippen LogP contribution in [-0.4, -0.2) is 59.2 Å². The van der Waals surface area contributed by atoms with Gasteiger partial charge in [-0.25, -0.2) is 0 Å². The Kier molecular flexibility index (Phi) is 8.82. The zero-order valence-corrected chi connectivity index (χ0v) is 23.7. The van der Waals surface area contributed by atoms with Crippen LogP contribution in [0.1, 0.15) is 12.5 Å². The quantitative estimate of drug-likeness (QED) is 0.137. The van der Waals surface area contributed by atoms with Crippen LogP contribution in [0.25, 0.3) is 11.8 Å². The zero-order chi connectivity index (χ0) is 31.4. The summed E-state index contributed by atoms with van der Waals surface area (Å²) in [4.78, 5) is 12.3. The summed E-state index contributed by atoms with van der Waals surface area (Å²) in [5.74, 6) is -1.04. The second-order valence-electron chi connectivity index (χ2n) is 8.39. The Morgan fingerprint density at radius 1 is 0.930 bits per heavy atom. The summed E-state index contributed by atoms with van der Waals surface area (Å²) in [5.41, 5.74) is 0.669. The van der Waals surface area contributed by atoms with Crippen molar-refractivity contribution in [1.82, 2.24) is 9.78 Å². The third-order valence-corrected chi connectivity index (χ3v) is 7.39. The van der Waals surface area contributed by atoms with Crippen LogP contribution in [0.4, 0.5) is 5.69 Å². The van der Waals surface area contributed by atoms with Gasteiger partial charge in [-0.3, -0.25) is 13.9 Å². The minimum Gasteiger partial charge on any atom is -0.493 e. The number of anilines is 1. The second-order valence-corrected chi connectivity index (χ2v) is 11.2. The van der Waals surface area contributed by atoms with Gasteiger partial charge in [0.25, 0.3) is 32.0 Å². The van der Waals surface area contributed by atoms with E-state index in [1.807, 2.05) is 6.11 Å². The van der Waals surface area contributed by atoms with Crippen LogP contribution in [0, 0.1) is 12.5 Å². The molecule has 1 aliphatic heterocycles. The molecule has 16 heteroatoms. The van der Waals surface area contributed by atoms with Crippen molar-refractivity contribution >= 4 is 43.8 Å². The zero-order valence-electron chi connectivity index (χ0n) is 22.1. The summed E-state index contributed by atoms with van der Waals surface area (Å²) < 4.78 is 75.2. The first-order valence-corrected chi connectivity index (χ1v) is 14.9. The molecule has 1 aliphatic rings. The summed E-state index contributed by atoms with van der Waals surface area (Å²) >= 11 is 0. The molecule has 2 heterocycles. The topological polar surface area (TPSA) is 198 Å². The minimum atomic E-state index is -4.43. The summed E-state index contributed by atoms with van der Waals surface area (Å²) in [7, 11) is -8.83. The van der Waals surface area contributed by atoms with E-state index in [0.29, 0.717) is 5.69 Å². The van der Waals surface area contributed by atoms with E-state index in [-0.39, 0.29) is 50.9 Å². The van der Waals surface area contributed by atoms with E-state index in [1.165, 1.54) is 54.6 Å². The summed E-state index contributed by atoms with van der Waals surface area (Å²) in [6.07, 6.45) is 14.5. The lowest BCUT2D eigenvalue weighted by molar-refractivity contribution is -0.114. The van der Waals surface area contributed by atoms with Gasteiger partial charge in [-0.2, -0.15) is 26.5 Å². The lowest BCUT2D eigenvalue weighted by atomic mass is 10.2. The molecule has 4 rings (SSSR count). The Labute approximate surface area is 246 Å². The van der Waals surface area contributed by atoms with Gasteiger partial charge in [0.2, 0.25) is 11.8 Å². The van der Waals surface area contributed by atoms with E-state index in [4.69, 9.17) is 20.4 Å². The van der Waals surface area contributed by atoms with Crippen LogP contribution in [0.15, 0.2) is 93.3 Å². The van der Waals surface area contributed by atoms with Gasteiger partial charge in [0, 0.05) is 0 Å². The van der Waals surface area contributed by atoms with Crippen LogP contribution in [0.3, 0.4) is 0 Å². The summed E-state index contributed by atoms with van der Waals surface area (Å²) in [6.45, 7) is 1.95. The van der Waals surface area contributed by atoms with Crippen LogP contribution >= 0.6 is 0 Å². The first-order valence-electron chi connectivity index (χ1n) is 12.1. The molecule has 3 N–H and O–H groups in total. The highest BCUT2D eigenvalue weighted by Crippen LogP contribution is 2.32. The molecule has 0 atom stereocenters. The molecular weight excluding hydrogens is 604 g/mol. The predicted octanol–water partition coefficient (Wildman–Crippen LogP) is 2.93. The highest BCUT2D eigenvalue weighted by molar-refractivity contribution is 7.86. The fraction of sp³-hybridized carbons (Fsp3) is 0.0741. The average Bonchev–Trinajstić information content (AvgIpc) is 3.43. The Morgan fingerprint density at radius 2 is 1.51 bits per heavy atom. The Bertz CT molecular complexity index is 1930. The molecule has 0 unspecified atom stereocenters. The van der Waals surface area contributed by atoms with Gasteiger partial charge in [0.15, 0.2) is 0 Å².